The van der Waals surface area contributed by atoms with Crippen molar-refractivity contribution in [2.24, 2.45) is 0 Å². The summed E-state index contributed by atoms with van der Waals surface area (Å²) in [7, 11) is 0. The Hall–Kier alpha value is -2.24. The van der Waals surface area contributed by atoms with Gasteiger partial charge in [-0.15, -0.1) is 0 Å². The molecule has 0 spiro atoms. The number of piperazine rings is 1. The molecule has 1 fully saturated rings. The standard InChI is InChI=1S/C19H18ClFN2O2/c20-15-7-5-14(6-8-15)18(24)13-22-9-11-23(12-10-22)19(25)16-3-1-2-4-17(16)21/h1-8H,9-13H2. The molecule has 1 heterocycles. The fourth-order valence-corrected chi connectivity index (χ4v) is 2.97. The quantitative estimate of drug-likeness (QED) is 0.787. The van der Waals surface area contributed by atoms with Gasteiger partial charge in [0.2, 0.25) is 0 Å². The SMILES string of the molecule is O=C(CN1CCN(C(=O)c2ccccc2F)CC1)c1ccc(Cl)cc1. The van der Waals surface area contributed by atoms with Crippen molar-refractivity contribution in [3.8, 4) is 0 Å². The first-order valence-electron chi connectivity index (χ1n) is 8.09. The molecule has 2 aromatic carbocycles. The van der Waals surface area contributed by atoms with Gasteiger partial charge in [-0.2, -0.15) is 0 Å². The molecule has 6 heteroatoms. The van der Waals surface area contributed by atoms with Gasteiger partial charge < -0.3 is 4.90 Å². The molecule has 1 aliphatic rings. The van der Waals surface area contributed by atoms with E-state index in [0.717, 1.165) is 0 Å². The summed E-state index contributed by atoms with van der Waals surface area (Å²) in [6.45, 7) is 2.41. The molecule has 1 saturated heterocycles. The molecule has 0 saturated carbocycles. The summed E-state index contributed by atoms with van der Waals surface area (Å²) in [5.41, 5.74) is 0.711. The third-order valence-electron chi connectivity index (χ3n) is 4.30. The van der Waals surface area contributed by atoms with Crippen molar-refractivity contribution in [1.29, 1.82) is 0 Å². The predicted molar refractivity (Wildman–Crippen MR) is 94.5 cm³/mol. The van der Waals surface area contributed by atoms with Crippen LogP contribution in [0.1, 0.15) is 20.7 Å². The second kappa shape index (κ2) is 7.76. The van der Waals surface area contributed by atoms with Crippen LogP contribution in [0, 0.1) is 5.82 Å². The number of rotatable bonds is 4. The molecule has 3 rings (SSSR count). The lowest BCUT2D eigenvalue weighted by atomic mass is 10.1. The van der Waals surface area contributed by atoms with Crippen LogP contribution >= 0.6 is 11.6 Å². The lowest BCUT2D eigenvalue weighted by Gasteiger charge is -2.34. The Balaban J connectivity index is 1.55. The first kappa shape index (κ1) is 17.6. The Kier molecular flexibility index (Phi) is 5.46. The van der Waals surface area contributed by atoms with Crippen LogP contribution in [0.3, 0.4) is 0 Å². The van der Waals surface area contributed by atoms with E-state index in [1.165, 1.54) is 12.1 Å². The Labute approximate surface area is 150 Å². The minimum absolute atomic E-state index is 0.0190. The molecule has 1 amide bonds. The van der Waals surface area contributed by atoms with E-state index in [-0.39, 0.29) is 17.3 Å². The van der Waals surface area contributed by atoms with E-state index in [1.54, 1.807) is 41.3 Å². The number of amides is 1. The van der Waals surface area contributed by atoms with Crippen LogP contribution in [0.15, 0.2) is 48.5 Å². The number of Topliss-reactive ketones (excluding diaryl/α,β-unsaturated/α-hetero) is 1. The van der Waals surface area contributed by atoms with E-state index >= 15 is 0 Å². The highest BCUT2D eigenvalue weighted by Crippen LogP contribution is 2.14. The van der Waals surface area contributed by atoms with Crippen LogP contribution in [0.5, 0.6) is 0 Å². The summed E-state index contributed by atoms with van der Waals surface area (Å²) in [5.74, 6) is -0.792. The Morgan fingerprint density at radius 3 is 2.24 bits per heavy atom. The zero-order chi connectivity index (χ0) is 17.8. The first-order chi connectivity index (χ1) is 12.0. The number of hydrogen-bond acceptors (Lipinski definition) is 3. The zero-order valence-corrected chi connectivity index (χ0v) is 14.4. The van der Waals surface area contributed by atoms with Gasteiger partial charge >= 0.3 is 0 Å². The number of benzene rings is 2. The van der Waals surface area contributed by atoms with Gasteiger partial charge in [-0.05, 0) is 36.4 Å². The van der Waals surface area contributed by atoms with Gasteiger partial charge in [-0.3, -0.25) is 14.5 Å². The fourth-order valence-electron chi connectivity index (χ4n) is 2.84. The van der Waals surface area contributed by atoms with Crippen molar-refractivity contribution in [2.45, 2.75) is 0 Å². The topological polar surface area (TPSA) is 40.6 Å². The van der Waals surface area contributed by atoms with Crippen molar-refractivity contribution >= 4 is 23.3 Å². The number of ketones is 1. The molecular weight excluding hydrogens is 343 g/mol. The van der Waals surface area contributed by atoms with Crippen molar-refractivity contribution < 1.29 is 14.0 Å². The molecule has 0 unspecified atom stereocenters. The Morgan fingerprint density at radius 2 is 1.60 bits per heavy atom. The molecule has 0 radical (unpaired) electrons. The van der Waals surface area contributed by atoms with Crippen LogP contribution in [0.2, 0.25) is 5.02 Å². The molecule has 0 aromatic heterocycles. The molecule has 0 atom stereocenters. The smallest absolute Gasteiger partial charge is 0.256 e. The average molecular weight is 361 g/mol. The zero-order valence-electron chi connectivity index (χ0n) is 13.6. The van der Waals surface area contributed by atoms with Gasteiger partial charge in [0.25, 0.3) is 5.91 Å². The van der Waals surface area contributed by atoms with Crippen molar-refractivity contribution in [2.75, 3.05) is 32.7 Å². The molecule has 0 aliphatic carbocycles. The number of halogens is 2. The van der Waals surface area contributed by atoms with Crippen LogP contribution in [0.4, 0.5) is 4.39 Å². The lowest BCUT2D eigenvalue weighted by Crippen LogP contribution is -2.50. The summed E-state index contributed by atoms with van der Waals surface area (Å²) in [5, 5.41) is 0.594. The molecular formula is C19H18ClFN2O2. The van der Waals surface area contributed by atoms with E-state index in [1.807, 2.05) is 4.90 Å². The minimum Gasteiger partial charge on any atom is -0.336 e. The molecule has 0 bridgehead atoms. The maximum atomic E-state index is 13.7. The highest BCUT2D eigenvalue weighted by atomic mass is 35.5. The molecule has 0 N–H and O–H groups in total. The maximum absolute atomic E-state index is 13.7. The normalized spacial score (nSPS) is 15.2. The van der Waals surface area contributed by atoms with Gasteiger partial charge in [0, 0.05) is 36.8 Å². The lowest BCUT2D eigenvalue weighted by molar-refractivity contribution is 0.0620. The predicted octanol–water partition coefficient (Wildman–Crippen LogP) is 3.12. The fraction of sp³-hybridized carbons (Fsp3) is 0.263. The number of carbonyl (C=O) groups excluding carboxylic acids is 2. The third kappa shape index (κ3) is 4.24. The van der Waals surface area contributed by atoms with E-state index in [4.69, 9.17) is 11.6 Å². The van der Waals surface area contributed by atoms with Gasteiger partial charge in [0.05, 0.1) is 12.1 Å². The van der Waals surface area contributed by atoms with Crippen molar-refractivity contribution in [3.63, 3.8) is 0 Å². The molecule has 130 valence electrons. The van der Waals surface area contributed by atoms with Gasteiger partial charge in [0.15, 0.2) is 5.78 Å². The van der Waals surface area contributed by atoms with E-state index in [2.05, 4.69) is 0 Å². The van der Waals surface area contributed by atoms with Crippen LogP contribution in [-0.2, 0) is 0 Å². The van der Waals surface area contributed by atoms with Crippen LogP contribution < -0.4 is 0 Å². The highest BCUT2D eigenvalue weighted by molar-refractivity contribution is 6.30. The second-order valence-corrected chi connectivity index (χ2v) is 6.41. The van der Waals surface area contributed by atoms with Crippen LogP contribution in [-0.4, -0.2) is 54.2 Å². The van der Waals surface area contributed by atoms with Crippen LogP contribution in [0.25, 0.3) is 0 Å². The van der Waals surface area contributed by atoms with Crippen molar-refractivity contribution in [3.05, 3.63) is 70.5 Å². The minimum atomic E-state index is -0.507. The summed E-state index contributed by atoms with van der Waals surface area (Å²) >= 11 is 5.83. The Morgan fingerprint density at radius 1 is 0.960 bits per heavy atom. The molecule has 2 aromatic rings. The summed E-state index contributed by atoms with van der Waals surface area (Å²) in [4.78, 5) is 28.3. The van der Waals surface area contributed by atoms with Gasteiger partial charge in [-0.25, -0.2) is 4.39 Å². The van der Waals surface area contributed by atoms with Gasteiger partial charge in [0.1, 0.15) is 5.82 Å². The molecule has 4 nitrogen and oxygen atoms in total. The number of nitrogens with zero attached hydrogens (tertiary/aromatic N) is 2. The number of carbonyl (C=O) groups is 2. The molecule has 1 aliphatic heterocycles. The summed E-state index contributed by atoms with van der Waals surface area (Å²) in [6.07, 6.45) is 0. The maximum Gasteiger partial charge on any atom is 0.256 e. The van der Waals surface area contributed by atoms with E-state index < -0.39 is 5.82 Å². The second-order valence-electron chi connectivity index (χ2n) is 5.98. The van der Waals surface area contributed by atoms with Crippen molar-refractivity contribution in [1.82, 2.24) is 9.80 Å². The highest BCUT2D eigenvalue weighted by Gasteiger charge is 2.24. The van der Waals surface area contributed by atoms with E-state index in [9.17, 15) is 14.0 Å². The van der Waals surface area contributed by atoms with E-state index in [0.29, 0.717) is 43.3 Å². The summed E-state index contributed by atoms with van der Waals surface area (Å²) in [6, 6.07) is 12.8. The first-order valence-corrected chi connectivity index (χ1v) is 8.47. The third-order valence-corrected chi connectivity index (χ3v) is 4.55. The number of hydrogen-bond donors (Lipinski definition) is 0. The Bertz CT molecular complexity index is 771. The average Bonchev–Trinajstić information content (AvgIpc) is 2.63. The van der Waals surface area contributed by atoms with Gasteiger partial charge in [-0.1, -0.05) is 23.7 Å². The molecule has 25 heavy (non-hydrogen) atoms. The summed E-state index contributed by atoms with van der Waals surface area (Å²) < 4.78 is 13.7. The largest absolute Gasteiger partial charge is 0.336 e. The monoisotopic (exact) mass is 360 g/mol.